The molecule has 3 unspecified atom stereocenters. The highest BCUT2D eigenvalue weighted by Gasteiger charge is 2.30. The maximum Gasteiger partial charge on any atom is 0.0374 e. The number of aryl methyl sites for hydroxylation is 2. The van der Waals surface area contributed by atoms with Crippen LogP contribution in [0.15, 0.2) is 18.2 Å². The summed E-state index contributed by atoms with van der Waals surface area (Å²) in [5.41, 5.74) is 4.05. The molecule has 0 radical (unpaired) electrons. The SMILES string of the molecule is Cc1ccc(C)c(NC2CC(C)CCC2C(C)C)c1. The van der Waals surface area contributed by atoms with Gasteiger partial charge < -0.3 is 5.32 Å². The van der Waals surface area contributed by atoms with Crippen LogP contribution in [0.1, 0.15) is 51.2 Å². The minimum Gasteiger partial charge on any atom is -0.382 e. The summed E-state index contributed by atoms with van der Waals surface area (Å²) in [6.45, 7) is 11.5. The Morgan fingerprint density at radius 3 is 2.58 bits per heavy atom. The van der Waals surface area contributed by atoms with E-state index >= 15 is 0 Å². The topological polar surface area (TPSA) is 12.0 Å². The van der Waals surface area contributed by atoms with E-state index < -0.39 is 0 Å². The number of hydrogen-bond donors (Lipinski definition) is 1. The van der Waals surface area contributed by atoms with Crippen molar-refractivity contribution < 1.29 is 0 Å². The first-order valence-corrected chi connectivity index (χ1v) is 7.81. The lowest BCUT2D eigenvalue weighted by atomic mass is 9.74. The second kappa shape index (κ2) is 5.98. The maximum absolute atomic E-state index is 3.85. The Bertz CT molecular complexity index is 422. The first-order valence-electron chi connectivity index (χ1n) is 7.81. The molecule has 1 aromatic rings. The van der Waals surface area contributed by atoms with E-state index in [-0.39, 0.29) is 0 Å². The molecule has 3 atom stereocenters. The Kier molecular flexibility index (Phi) is 4.54. The van der Waals surface area contributed by atoms with Gasteiger partial charge in [-0.15, -0.1) is 0 Å². The summed E-state index contributed by atoms with van der Waals surface area (Å²) in [5.74, 6) is 2.45. The fraction of sp³-hybridized carbons (Fsp3) is 0.667. The van der Waals surface area contributed by atoms with Crippen molar-refractivity contribution in [3.63, 3.8) is 0 Å². The number of benzene rings is 1. The minimum absolute atomic E-state index is 0.643. The fourth-order valence-corrected chi connectivity index (χ4v) is 3.46. The third-order valence-corrected chi connectivity index (χ3v) is 4.76. The predicted octanol–water partition coefficient (Wildman–Crippen LogP) is 5.18. The summed E-state index contributed by atoms with van der Waals surface area (Å²) in [5, 5.41) is 3.85. The van der Waals surface area contributed by atoms with Crippen molar-refractivity contribution in [1.82, 2.24) is 0 Å². The van der Waals surface area contributed by atoms with Crippen molar-refractivity contribution in [1.29, 1.82) is 0 Å². The van der Waals surface area contributed by atoms with Gasteiger partial charge in [-0.3, -0.25) is 0 Å². The van der Waals surface area contributed by atoms with Crippen LogP contribution in [0.4, 0.5) is 5.69 Å². The predicted molar refractivity (Wildman–Crippen MR) is 84.7 cm³/mol. The molecule has 0 amide bonds. The average Bonchev–Trinajstić information content (AvgIpc) is 2.33. The Morgan fingerprint density at radius 1 is 1.16 bits per heavy atom. The summed E-state index contributed by atoms with van der Waals surface area (Å²) in [6.07, 6.45) is 4.09. The molecule has 106 valence electrons. The molecule has 1 saturated carbocycles. The molecule has 0 aromatic heterocycles. The van der Waals surface area contributed by atoms with Crippen LogP contribution in [-0.2, 0) is 0 Å². The number of hydrogen-bond acceptors (Lipinski definition) is 1. The zero-order valence-corrected chi connectivity index (χ0v) is 13.2. The van der Waals surface area contributed by atoms with Crippen molar-refractivity contribution in [2.24, 2.45) is 17.8 Å². The van der Waals surface area contributed by atoms with E-state index in [2.05, 4.69) is 58.1 Å². The third kappa shape index (κ3) is 3.52. The highest BCUT2D eigenvalue weighted by Crippen LogP contribution is 2.35. The molecule has 19 heavy (non-hydrogen) atoms. The second-order valence-corrected chi connectivity index (χ2v) is 6.90. The first kappa shape index (κ1) is 14.4. The highest BCUT2D eigenvalue weighted by atomic mass is 14.9. The summed E-state index contributed by atoms with van der Waals surface area (Å²) in [6, 6.07) is 7.37. The van der Waals surface area contributed by atoms with Crippen molar-refractivity contribution in [3.05, 3.63) is 29.3 Å². The molecule has 1 N–H and O–H groups in total. The van der Waals surface area contributed by atoms with Crippen LogP contribution >= 0.6 is 0 Å². The Balaban J connectivity index is 2.16. The molecule has 0 spiro atoms. The van der Waals surface area contributed by atoms with Crippen molar-refractivity contribution in [2.75, 3.05) is 5.32 Å². The molecular formula is C18H29N. The van der Waals surface area contributed by atoms with Crippen molar-refractivity contribution in [2.45, 2.75) is 59.9 Å². The van der Waals surface area contributed by atoms with Gasteiger partial charge in [0, 0.05) is 11.7 Å². The lowest BCUT2D eigenvalue weighted by molar-refractivity contribution is 0.212. The van der Waals surface area contributed by atoms with Crippen molar-refractivity contribution >= 4 is 5.69 Å². The van der Waals surface area contributed by atoms with E-state index in [0.717, 1.165) is 17.8 Å². The van der Waals surface area contributed by atoms with Gasteiger partial charge in [0.2, 0.25) is 0 Å². The molecule has 1 fully saturated rings. The lowest BCUT2D eigenvalue weighted by Gasteiger charge is -2.38. The molecule has 0 bridgehead atoms. The van der Waals surface area contributed by atoms with E-state index in [4.69, 9.17) is 0 Å². The molecule has 0 aliphatic heterocycles. The maximum atomic E-state index is 3.85. The zero-order chi connectivity index (χ0) is 14.0. The molecule has 1 aliphatic carbocycles. The molecular weight excluding hydrogens is 230 g/mol. The van der Waals surface area contributed by atoms with Crippen molar-refractivity contribution in [3.8, 4) is 0 Å². The quantitative estimate of drug-likeness (QED) is 0.789. The summed E-state index contributed by atoms with van der Waals surface area (Å²) >= 11 is 0. The molecule has 1 heteroatoms. The molecule has 1 aromatic carbocycles. The number of nitrogens with one attached hydrogen (secondary N) is 1. The summed E-state index contributed by atoms with van der Waals surface area (Å²) in [4.78, 5) is 0. The van der Waals surface area contributed by atoms with E-state index in [1.54, 1.807) is 0 Å². The van der Waals surface area contributed by atoms with Crippen LogP contribution in [0, 0.1) is 31.6 Å². The smallest absolute Gasteiger partial charge is 0.0374 e. The van der Waals surface area contributed by atoms with E-state index in [0.29, 0.717) is 6.04 Å². The van der Waals surface area contributed by atoms with Gasteiger partial charge in [0.05, 0.1) is 0 Å². The van der Waals surface area contributed by atoms with Crippen LogP contribution in [0.25, 0.3) is 0 Å². The van der Waals surface area contributed by atoms with E-state index in [9.17, 15) is 0 Å². The minimum atomic E-state index is 0.643. The van der Waals surface area contributed by atoms with E-state index in [1.165, 1.54) is 36.1 Å². The largest absolute Gasteiger partial charge is 0.382 e. The monoisotopic (exact) mass is 259 g/mol. The summed E-state index contributed by atoms with van der Waals surface area (Å²) in [7, 11) is 0. The molecule has 1 nitrogen and oxygen atoms in total. The molecule has 0 saturated heterocycles. The van der Waals surface area contributed by atoms with Crippen LogP contribution in [-0.4, -0.2) is 6.04 Å². The fourth-order valence-electron chi connectivity index (χ4n) is 3.46. The lowest BCUT2D eigenvalue weighted by Crippen LogP contribution is -2.38. The van der Waals surface area contributed by atoms with Gasteiger partial charge >= 0.3 is 0 Å². The zero-order valence-electron chi connectivity index (χ0n) is 13.2. The van der Waals surface area contributed by atoms with Gasteiger partial charge in [-0.1, -0.05) is 39.3 Å². The van der Waals surface area contributed by atoms with Crippen LogP contribution in [0.2, 0.25) is 0 Å². The van der Waals surface area contributed by atoms with Crippen LogP contribution in [0.5, 0.6) is 0 Å². The number of rotatable bonds is 3. The Labute approximate surface area is 118 Å². The summed E-state index contributed by atoms with van der Waals surface area (Å²) < 4.78 is 0. The normalized spacial score (nSPS) is 27.6. The van der Waals surface area contributed by atoms with Gasteiger partial charge in [-0.2, -0.15) is 0 Å². The highest BCUT2D eigenvalue weighted by molar-refractivity contribution is 5.53. The molecule has 0 heterocycles. The first-order chi connectivity index (χ1) is 8.97. The Hall–Kier alpha value is -0.980. The van der Waals surface area contributed by atoms with Gasteiger partial charge in [0.1, 0.15) is 0 Å². The van der Waals surface area contributed by atoms with E-state index in [1.807, 2.05) is 0 Å². The molecule has 1 aliphatic rings. The van der Waals surface area contributed by atoms with Crippen LogP contribution < -0.4 is 5.32 Å². The van der Waals surface area contributed by atoms with Gasteiger partial charge in [-0.05, 0) is 61.6 Å². The molecule has 2 rings (SSSR count). The van der Waals surface area contributed by atoms with Crippen LogP contribution in [0.3, 0.4) is 0 Å². The number of anilines is 1. The van der Waals surface area contributed by atoms with Gasteiger partial charge in [-0.25, -0.2) is 0 Å². The van der Waals surface area contributed by atoms with Gasteiger partial charge in [0.25, 0.3) is 0 Å². The average molecular weight is 259 g/mol. The Morgan fingerprint density at radius 2 is 1.89 bits per heavy atom. The standard InChI is InChI=1S/C18H29N/c1-12(2)16-9-7-14(4)11-18(16)19-17-10-13(3)6-8-15(17)5/h6,8,10,12,14,16,18-19H,7,9,11H2,1-5H3. The van der Waals surface area contributed by atoms with Gasteiger partial charge in [0.15, 0.2) is 0 Å². The third-order valence-electron chi connectivity index (χ3n) is 4.76. The second-order valence-electron chi connectivity index (χ2n) is 6.90.